The van der Waals surface area contributed by atoms with Crippen LogP contribution in [-0.4, -0.2) is 34.1 Å². The third-order valence-electron chi connectivity index (χ3n) is 2.51. The van der Waals surface area contributed by atoms with Crippen LogP contribution in [0.4, 0.5) is 0 Å². The van der Waals surface area contributed by atoms with E-state index in [1.54, 1.807) is 4.90 Å². The molecule has 1 amide bonds. The van der Waals surface area contributed by atoms with Gasteiger partial charge in [-0.05, 0) is 12.8 Å². The lowest BCUT2D eigenvalue weighted by Gasteiger charge is -2.11. The van der Waals surface area contributed by atoms with Crippen molar-refractivity contribution in [3.63, 3.8) is 0 Å². The van der Waals surface area contributed by atoms with Gasteiger partial charge in [0, 0.05) is 19.0 Å². The number of aromatic nitrogens is 2. The SMILES string of the molecule is CC(C)c1nnc(C(=O)N2CCCC2)o1. The highest BCUT2D eigenvalue weighted by atomic mass is 16.4. The van der Waals surface area contributed by atoms with Crippen molar-refractivity contribution < 1.29 is 9.21 Å². The van der Waals surface area contributed by atoms with Crippen LogP contribution >= 0.6 is 0 Å². The zero-order valence-electron chi connectivity index (χ0n) is 9.06. The molecule has 15 heavy (non-hydrogen) atoms. The molecule has 2 heterocycles. The van der Waals surface area contributed by atoms with Crippen LogP contribution in [-0.2, 0) is 0 Å². The Kier molecular flexibility index (Phi) is 2.70. The first-order valence-corrected chi connectivity index (χ1v) is 5.31. The molecule has 0 unspecified atom stereocenters. The van der Waals surface area contributed by atoms with E-state index in [-0.39, 0.29) is 17.7 Å². The minimum absolute atomic E-state index is 0.126. The number of hydrogen-bond acceptors (Lipinski definition) is 4. The van der Waals surface area contributed by atoms with Crippen molar-refractivity contribution in [2.24, 2.45) is 0 Å². The normalized spacial score (nSPS) is 16.3. The largest absolute Gasteiger partial charge is 0.417 e. The average molecular weight is 209 g/mol. The molecule has 82 valence electrons. The van der Waals surface area contributed by atoms with Crippen LogP contribution in [0.15, 0.2) is 4.42 Å². The van der Waals surface area contributed by atoms with Crippen molar-refractivity contribution in [2.45, 2.75) is 32.6 Å². The summed E-state index contributed by atoms with van der Waals surface area (Å²) >= 11 is 0. The van der Waals surface area contributed by atoms with Gasteiger partial charge in [0.25, 0.3) is 0 Å². The van der Waals surface area contributed by atoms with E-state index < -0.39 is 0 Å². The van der Waals surface area contributed by atoms with Crippen LogP contribution < -0.4 is 0 Å². The predicted octanol–water partition coefficient (Wildman–Crippen LogP) is 1.43. The van der Waals surface area contributed by atoms with Crippen molar-refractivity contribution in [3.05, 3.63) is 11.8 Å². The van der Waals surface area contributed by atoms with Crippen LogP contribution in [0.3, 0.4) is 0 Å². The third kappa shape index (κ3) is 2.00. The number of likely N-dealkylation sites (tertiary alicyclic amines) is 1. The van der Waals surface area contributed by atoms with Crippen molar-refractivity contribution in [2.75, 3.05) is 13.1 Å². The summed E-state index contributed by atoms with van der Waals surface area (Å²) in [6.45, 7) is 5.52. The second kappa shape index (κ2) is 4.00. The Morgan fingerprint density at radius 1 is 1.33 bits per heavy atom. The molecule has 0 radical (unpaired) electrons. The topological polar surface area (TPSA) is 59.2 Å². The van der Waals surface area contributed by atoms with Crippen molar-refractivity contribution >= 4 is 5.91 Å². The van der Waals surface area contributed by atoms with E-state index >= 15 is 0 Å². The average Bonchev–Trinajstić information content (AvgIpc) is 2.88. The molecular weight excluding hydrogens is 194 g/mol. The van der Waals surface area contributed by atoms with Crippen LogP contribution in [0.2, 0.25) is 0 Å². The molecule has 0 bridgehead atoms. The van der Waals surface area contributed by atoms with Gasteiger partial charge in [-0.1, -0.05) is 13.8 Å². The summed E-state index contributed by atoms with van der Waals surface area (Å²) in [6.07, 6.45) is 2.13. The van der Waals surface area contributed by atoms with Crippen molar-refractivity contribution in [3.8, 4) is 0 Å². The monoisotopic (exact) mass is 209 g/mol. The minimum Gasteiger partial charge on any atom is -0.417 e. The summed E-state index contributed by atoms with van der Waals surface area (Å²) in [5, 5.41) is 7.62. The first-order valence-electron chi connectivity index (χ1n) is 5.31. The Balaban J connectivity index is 2.11. The van der Waals surface area contributed by atoms with E-state index in [0.717, 1.165) is 25.9 Å². The zero-order valence-corrected chi connectivity index (χ0v) is 9.06. The lowest BCUT2D eigenvalue weighted by atomic mass is 10.2. The Hall–Kier alpha value is -1.39. The molecule has 5 heteroatoms. The minimum atomic E-state index is -0.132. The summed E-state index contributed by atoms with van der Waals surface area (Å²) in [5.74, 6) is 0.683. The van der Waals surface area contributed by atoms with Gasteiger partial charge in [-0.25, -0.2) is 0 Å². The molecule has 1 saturated heterocycles. The highest BCUT2D eigenvalue weighted by molar-refractivity contribution is 5.89. The maximum atomic E-state index is 11.8. The fraction of sp³-hybridized carbons (Fsp3) is 0.700. The number of hydrogen-bond donors (Lipinski definition) is 0. The third-order valence-corrected chi connectivity index (χ3v) is 2.51. The van der Waals surface area contributed by atoms with Crippen LogP contribution in [0.5, 0.6) is 0 Å². The molecule has 1 aromatic heterocycles. The Morgan fingerprint density at radius 2 is 2.00 bits per heavy atom. The van der Waals surface area contributed by atoms with Crippen LogP contribution in [0.1, 0.15) is 49.2 Å². The van der Waals surface area contributed by atoms with Gasteiger partial charge >= 0.3 is 11.8 Å². The van der Waals surface area contributed by atoms with E-state index in [2.05, 4.69) is 10.2 Å². The molecule has 2 rings (SSSR count). The fourth-order valence-corrected chi connectivity index (χ4v) is 1.61. The Bertz CT molecular complexity index is 353. The number of rotatable bonds is 2. The number of nitrogens with zero attached hydrogens (tertiary/aromatic N) is 3. The molecule has 0 N–H and O–H groups in total. The standard InChI is InChI=1S/C10H15N3O2/c1-7(2)8-11-12-9(15-8)10(14)13-5-3-4-6-13/h7H,3-6H2,1-2H3. The van der Waals surface area contributed by atoms with E-state index in [9.17, 15) is 4.79 Å². The second-order valence-corrected chi connectivity index (χ2v) is 4.10. The summed E-state index contributed by atoms with van der Waals surface area (Å²) < 4.78 is 5.31. The maximum absolute atomic E-state index is 11.8. The summed E-state index contributed by atoms with van der Waals surface area (Å²) in [6, 6.07) is 0. The van der Waals surface area contributed by atoms with Gasteiger partial charge < -0.3 is 9.32 Å². The smallest absolute Gasteiger partial charge is 0.311 e. The van der Waals surface area contributed by atoms with Gasteiger partial charge in [-0.2, -0.15) is 0 Å². The molecule has 1 aliphatic heterocycles. The first kappa shape index (κ1) is 10.1. The van der Waals surface area contributed by atoms with E-state index in [0.29, 0.717) is 5.89 Å². The molecule has 0 aliphatic carbocycles. The molecule has 0 spiro atoms. The van der Waals surface area contributed by atoms with Gasteiger partial charge in [0.15, 0.2) is 0 Å². The maximum Gasteiger partial charge on any atom is 0.311 e. The zero-order chi connectivity index (χ0) is 10.8. The molecule has 1 fully saturated rings. The summed E-state index contributed by atoms with van der Waals surface area (Å²) in [7, 11) is 0. The lowest BCUT2D eigenvalue weighted by Crippen LogP contribution is -2.27. The predicted molar refractivity (Wildman–Crippen MR) is 53.5 cm³/mol. The second-order valence-electron chi connectivity index (χ2n) is 4.10. The van der Waals surface area contributed by atoms with Crippen molar-refractivity contribution in [1.29, 1.82) is 0 Å². The van der Waals surface area contributed by atoms with Crippen LogP contribution in [0, 0.1) is 0 Å². The highest BCUT2D eigenvalue weighted by Crippen LogP contribution is 2.15. The molecule has 0 aromatic carbocycles. The van der Waals surface area contributed by atoms with Crippen LogP contribution in [0.25, 0.3) is 0 Å². The first-order chi connectivity index (χ1) is 7.18. The van der Waals surface area contributed by atoms with Gasteiger partial charge in [0.05, 0.1) is 0 Å². The van der Waals surface area contributed by atoms with Gasteiger partial charge in [-0.15, -0.1) is 10.2 Å². The van der Waals surface area contributed by atoms with Crippen molar-refractivity contribution in [1.82, 2.24) is 15.1 Å². The molecule has 0 atom stereocenters. The number of carbonyl (C=O) groups is 1. The molecule has 1 aliphatic rings. The summed E-state index contributed by atoms with van der Waals surface area (Å²) in [5.41, 5.74) is 0. The van der Waals surface area contributed by atoms with Gasteiger partial charge in [0.1, 0.15) is 0 Å². The van der Waals surface area contributed by atoms with Gasteiger partial charge in [0.2, 0.25) is 5.89 Å². The Morgan fingerprint density at radius 3 is 2.53 bits per heavy atom. The summed E-state index contributed by atoms with van der Waals surface area (Å²) in [4.78, 5) is 13.6. The Labute approximate surface area is 88.5 Å². The number of amides is 1. The molecule has 0 saturated carbocycles. The van der Waals surface area contributed by atoms with E-state index in [1.165, 1.54) is 0 Å². The molecule has 1 aromatic rings. The van der Waals surface area contributed by atoms with Gasteiger partial charge in [-0.3, -0.25) is 4.79 Å². The highest BCUT2D eigenvalue weighted by Gasteiger charge is 2.24. The fourth-order valence-electron chi connectivity index (χ4n) is 1.61. The molecule has 5 nitrogen and oxygen atoms in total. The number of carbonyl (C=O) groups excluding carboxylic acids is 1. The van der Waals surface area contributed by atoms with E-state index in [4.69, 9.17) is 4.42 Å². The quantitative estimate of drug-likeness (QED) is 0.739. The molecular formula is C10H15N3O2. The van der Waals surface area contributed by atoms with E-state index in [1.807, 2.05) is 13.8 Å². The lowest BCUT2D eigenvalue weighted by molar-refractivity contribution is 0.0751.